The first kappa shape index (κ1) is 19.6. The number of carbonyl (C=O) groups excluding carboxylic acids is 1. The summed E-state index contributed by atoms with van der Waals surface area (Å²) >= 11 is 0. The fourth-order valence-corrected chi connectivity index (χ4v) is 4.14. The molecule has 0 saturated heterocycles. The van der Waals surface area contributed by atoms with E-state index >= 15 is 0 Å². The normalized spacial score (nSPS) is 31.7. The summed E-state index contributed by atoms with van der Waals surface area (Å²) in [7, 11) is 0. The Hall–Kier alpha value is -0.740. The van der Waals surface area contributed by atoms with Crippen molar-refractivity contribution in [3.05, 3.63) is 0 Å². The topological polar surface area (TPSA) is 26.3 Å². The van der Waals surface area contributed by atoms with E-state index in [1.807, 2.05) is 0 Å². The lowest BCUT2D eigenvalue weighted by atomic mass is 9.81. The van der Waals surface area contributed by atoms with Crippen molar-refractivity contribution in [2.45, 2.75) is 96.3 Å². The van der Waals surface area contributed by atoms with Gasteiger partial charge >= 0.3 is 12.1 Å². The molecule has 0 aromatic rings. The fraction of sp³-hybridized carbons (Fsp3) is 0.947. The maximum Gasteiger partial charge on any atom is 0.391 e. The van der Waals surface area contributed by atoms with E-state index in [9.17, 15) is 18.0 Å². The summed E-state index contributed by atoms with van der Waals surface area (Å²) in [6.45, 7) is 2.21. The van der Waals surface area contributed by atoms with Gasteiger partial charge in [0.05, 0.1) is 11.8 Å². The van der Waals surface area contributed by atoms with Gasteiger partial charge in [-0.05, 0) is 57.3 Å². The number of hydrogen-bond acceptors (Lipinski definition) is 2. The molecule has 0 spiro atoms. The van der Waals surface area contributed by atoms with E-state index in [1.165, 1.54) is 25.7 Å². The zero-order chi connectivity index (χ0) is 17.6. The number of ether oxygens (including phenoxy) is 1. The third kappa shape index (κ3) is 5.96. The zero-order valence-corrected chi connectivity index (χ0v) is 14.7. The number of halogens is 3. The molecule has 0 aromatic heterocycles. The molecule has 2 nitrogen and oxygen atoms in total. The molecule has 2 aliphatic rings. The smallest absolute Gasteiger partial charge is 0.391 e. The van der Waals surface area contributed by atoms with E-state index in [4.69, 9.17) is 4.74 Å². The Balaban J connectivity index is 1.65. The molecule has 2 aliphatic carbocycles. The standard InChI is InChI=1S/C19H31F3O2/c1-2-3-4-5-14-6-12-17(13-7-14)24-18(23)15-8-10-16(11-9-15)19(20,21)22/h14-17H,2-13H2,1H3. The molecule has 0 amide bonds. The highest BCUT2D eigenvalue weighted by molar-refractivity contribution is 5.72. The average molecular weight is 348 g/mol. The second-order valence-corrected chi connectivity index (χ2v) is 7.67. The van der Waals surface area contributed by atoms with Gasteiger partial charge in [-0.2, -0.15) is 13.2 Å². The minimum atomic E-state index is -4.12. The van der Waals surface area contributed by atoms with Crippen molar-refractivity contribution in [3.8, 4) is 0 Å². The summed E-state index contributed by atoms with van der Waals surface area (Å²) in [5, 5.41) is 0. The Morgan fingerprint density at radius 3 is 2.12 bits per heavy atom. The number of esters is 1. The van der Waals surface area contributed by atoms with E-state index in [0.29, 0.717) is 12.8 Å². The molecule has 0 unspecified atom stereocenters. The molecule has 0 atom stereocenters. The first-order chi connectivity index (χ1) is 11.4. The Morgan fingerprint density at radius 2 is 1.58 bits per heavy atom. The first-order valence-corrected chi connectivity index (χ1v) is 9.67. The molecule has 5 heteroatoms. The predicted octanol–water partition coefficient (Wildman–Crippen LogP) is 6.04. The molecule has 140 valence electrons. The van der Waals surface area contributed by atoms with Crippen LogP contribution in [0.5, 0.6) is 0 Å². The minimum absolute atomic E-state index is 0.0136. The van der Waals surface area contributed by atoms with Gasteiger partial charge in [0.15, 0.2) is 0 Å². The maximum absolute atomic E-state index is 12.7. The van der Waals surface area contributed by atoms with Gasteiger partial charge in [0.25, 0.3) is 0 Å². The van der Waals surface area contributed by atoms with Gasteiger partial charge in [0.2, 0.25) is 0 Å². The van der Waals surface area contributed by atoms with Gasteiger partial charge in [0.1, 0.15) is 6.10 Å². The van der Waals surface area contributed by atoms with Gasteiger partial charge in [-0.25, -0.2) is 0 Å². The predicted molar refractivity (Wildman–Crippen MR) is 87.5 cm³/mol. The molecular formula is C19H31F3O2. The molecule has 0 N–H and O–H groups in total. The van der Waals surface area contributed by atoms with Crippen molar-refractivity contribution in [2.24, 2.45) is 17.8 Å². The lowest BCUT2D eigenvalue weighted by molar-refractivity contribution is -0.187. The van der Waals surface area contributed by atoms with E-state index in [-0.39, 0.29) is 30.8 Å². The van der Waals surface area contributed by atoms with Gasteiger partial charge in [0, 0.05) is 0 Å². The second kappa shape index (κ2) is 9.10. The number of rotatable bonds is 6. The monoisotopic (exact) mass is 348 g/mol. The molecule has 2 fully saturated rings. The van der Waals surface area contributed by atoms with Crippen LogP contribution < -0.4 is 0 Å². The SMILES string of the molecule is CCCCCC1CCC(OC(=O)C2CCC(C(F)(F)F)CC2)CC1. The molecular weight excluding hydrogens is 317 g/mol. The van der Waals surface area contributed by atoms with Gasteiger partial charge in [-0.3, -0.25) is 4.79 Å². The molecule has 2 saturated carbocycles. The number of carbonyl (C=O) groups is 1. The van der Waals surface area contributed by atoms with Gasteiger partial charge < -0.3 is 4.74 Å². The lowest BCUT2D eigenvalue weighted by Crippen LogP contribution is -2.33. The minimum Gasteiger partial charge on any atom is -0.462 e. The summed E-state index contributed by atoms with van der Waals surface area (Å²) in [6, 6.07) is 0. The van der Waals surface area contributed by atoms with Gasteiger partial charge in [-0.1, -0.05) is 32.6 Å². The van der Waals surface area contributed by atoms with E-state index < -0.39 is 12.1 Å². The van der Waals surface area contributed by atoms with Crippen LogP contribution in [0.2, 0.25) is 0 Å². The highest BCUT2D eigenvalue weighted by atomic mass is 19.4. The third-order valence-electron chi connectivity index (χ3n) is 5.82. The summed E-state index contributed by atoms with van der Waals surface area (Å²) in [4.78, 5) is 12.2. The summed E-state index contributed by atoms with van der Waals surface area (Å²) in [5.41, 5.74) is 0. The van der Waals surface area contributed by atoms with Crippen molar-refractivity contribution < 1.29 is 22.7 Å². The molecule has 0 heterocycles. The second-order valence-electron chi connectivity index (χ2n) is 7.67. The Kier molecular flexibility index (Phi) is 7.42. The van der Waals surface area contributed by atoms with Crippen molar-refractivity contribution >= 4 is 5.97 Å². The van der Waals surface area contributed by atoms with Crippen LogP contribution in [-0.4, -0.2) is 18.2 Å². The maximum atomic E-state index is 12.7. The molecule has 24 heavy (non-hydrogen) atoms. The van der Waals surface area contributed by atoms with Crippen molar-refractivity contribution in [1.29, 1.82) is 0 Å². The van der Waals surface area contributed by atoms with Crippen LogP contribution in [0.15, 0.2) is 0 Å². The number of unbranched alkanes of at least 4 members (excludes halogenated alkanes) is 2. The van der Waals surface area contributed by atoms with Crippen LogP contribution in [0.4, 0.5) is 13.2 Å². The van der Waals surface area contributed by atoms with Crippen LogP contribution in [0.1, 0.15) is 84.0 Å². The van der Waals surface area contributed by atoms with Crippen LogP contribution in [0.3, 0.4) is 0 Å². The molecule has 0 aliphatic heterocycles. The van der Waals surface area contributed by atoms with Crippen molar-refractivity contribution in [2.75, 3.05) is 0 Å². The number of hydrogen-bond donors (Lipinski definition) is 0. The Labute approximate surface area is 143 Å². The molecule has 0 radical (unpaired) electrons. The van der Waals surface area contributed by atoms with Crippen LogP contribution in [0.25, 0.3) is 0 Å². The summed E-state index contributed by atoms with van der Waals surface area (Å²) in [5.74, 6) is -1.07. The van der Waals surface area contributed by atoms with Crippen molar-refractivity contribution in [1.82, 2.24) is 0 Å². The fourth-order valence-electron chi connectivity index (χ4n) is 4.14. The average Bonchev–Trinajstić information content (AvgIpc) is 2.56. The Bertz CT molecular complexity index is 379. The molecule has 2 rings (SSSR count). The quantitative estimate of drug-likeness (QED) is 0.432. The molecule has 0 aromatic carbocycles. The third-order valence-corrected chi connectivity index (χ3v) is 5.82. The van der Waals surface area contributed by atoms with E-state index in [0.717, 1.165) is 31.6 Å². The highest BCUT2D eigenvalue weighted by Crippen LogP contribution is 2.40. The highest BCUT2D eigenvalue weighted by Gasteiger charge is 2.43. The van der Waals surface area contributed by atoms with Crippen LogP contribution >= 0.6 is 0 Å². The zero-order valence-electron chi connectivity index (χ0n) is 14.7. The van der Waals surface area contributed by atoms with Crippen LogP contribution in [-0.2, 0) is 9.53 Å². The van der Waals surface area contributed by atoms with Crippen LogP contribution in [0, 0.1) is 17.8 Å². The summed E-state index contributed by atoms with van der Waals surface area (Å²) < 4.78 is 43.6. The molecule has 0 bridgehead atoms. The Morgan fingerprint density at radius 1 is 0.958 bits per heavy atom. The first-order valence-electron chi connectivity index (χ1n) is 9.67. The largest absolute Gasteiger partial charge is 0.462 e. The van der Waals surface area contributed by atoms with Gasteiger partial charge in [-0.15, -0.1) is 0 Å². The van der Waals surface area contributed by atoms with E-state index in [1.54, 1.807) is 0 Å². The summed E-state index contributed by atoms with van der Waals surface area (Å²) in [6.07, 6.45) is 5.77. The van der Waals surface area contributed by atoms with E-state index in [2.05, 4.69) is 6.92 Å². The number of alkyl halides is 3. The lowest BCUT2D eigenvalue weighted by Gasteiger charge is -2.32. The van der Waals surface area contributed by atoms with Crippen molar-refractivity contribution in [3.63, 3.8) is 0 Å².